The molecule has 4 aromatic rings. The molecule has 0 bridgehead atoms. The number of benzene rings is 3. The molecule has 0 saturated heterocycles. The summed E-state index contributed by atoms with van der Waals surface area (Å²) < 4.78 is 35.2. The van der Waals surface area contributed by atoms with Crippen LogP contribution in [0.15, 0.2) is 71.6 Å². The van der Waals surface area contributed by atoms with E-state index in [1.54, 1.807) is 42.1 Å². The minimum atomic E-state index is -3.80. The molecule has 1 N–H and O–H groups in total. The van der Waals surface area contributed by atoms with Crippen LogP contribution in [0.3, 0.4) is 0 Å². The van der Waals surface area contributed by atoms with Crippen molar-refractivity contribution in [1.82, 2.24) is 14.5 Å². The summed E-state index contributed by atoms with van der Waals surface area (Å²) in [5.41, 5.74) is 3.58. The van der Waals surface area contributed by atoms with E-state index in [1.807, 2.05) is 31.2 Å². The Morgan fingerprint density at radius 2 is 1.68 bits per heavy atom. The van der Waals surface area contributed by atoms with Crippen molar-refractivity contribution >= 4 is 44.8 Å². The summed E-state index contributed by atoms with van der Waals surface area (Å²) in [5, 5.41) is 5.96. The number of aromatic nitrogens is 2. The monoisotopic (exact) mass is 535 g/mol. The van der Waals surface area contributed by atoms with Crippen LogP contribution >= 0.6 is 34.8 Å². The lowest BCUT2D eigenvalue weighted by molar-refractivity contribution is 0.415. The van der Waals surface area contributed by atoms with E-state index in [1.165, 1.54) is 12.1 Å². The first-order chi connectivity index (χ1) is 16.2. The molecular weight excluding hydrogens is 517 g/mol. The first-order valence-electron chi connectivity index (χ1n) is 10.1. The Labute approximate surface area is 213 Å². The van der Waals surface area contributed by atoms with E-state index in [4.69, 9.17) is 44.6 Å². The number of sulfonamides is 1. The number of rotatable bonds is 7. The van der Waals surface area contributed by atoms with Crippen molar-refractivity contribution in [3.05, 3.63) is 93.1 Å². The highest BCUT2D eigenvalue weighted by Crippen LogP contribution is 2.33. The van der Waals surface area contributed by atoms with Gasteiger partial charge in [0.05, 0.1) is 40.6 Å². The maximum atomic E-state index is 12.8. The quantitative estimate of drug-likeness (QED) is 0.301. The predicted molar refractivity (Wildman–Crippen MR) is 136 cm³/mol. The van der Waals surface area contributed by atoms with Gasteiger partial charge in [0.1, 0.15) is 5.75 Å². The third kappa shape index (κ3) is 5.09. The lowest BCUT2D eigenvalue weighted by Crippen LogP contribution is -2.23. The fourth-order valence-electron chi connectivity index (χ4n) is 3.51. The normalized spacial score (nSPS) is 11.6. The molecule has 34 heavy (non-hydrogen) atoms. The van der Waals surface area contributed by atoms with E-state index in [2.05, 4.69) is 4.72 Å². The molecule has 10 heteroatoms. The van der Waals surface area contributed by atoms with E-state index in [9.17, 15) is 8.42 Å². The average Bonchev–Trinajstić information content (AvgIpc) is 3.13. The summed E-state index contributed by atoms with van der Waals surface area (Å²) >= 11 is 18.5. The second-order valence-electron chi connectivity index (χ2n) is 7.44. The lowest BCUT2D eigenvalue weighted by Gasteiger charge is -2.11. The molecular formula is C24H20Cl3N3O3S. The molecule has 6 nitrogen and oxygen atoms in total. The van der Waals surface area contributed by atoms with Gasteiger partial charge in [-0.3, -0.25) is 0 Å². The van der Waals surface area contributed by atoms with Crippen LogP contribution in [0.5, 0.6) is 5.75 Å². The third-order valence-corrected chi connectivity index (χ3v) is 7.43. The van der Waals surface area contributed by atoms with Crippen molar-refractivity contribution < 1.29 is 13.2 Å². The van der Waals surface area contributed by atoms with Gasteiger partial charge in [0.2, 0.25) is 10.0 Å². The highest BCUT2D eigenvalue weighted by Gasteiger charge is 2.21. The lowest BCUT2D eigenvalue weighted by atomic mass is 10.1. The van der Waals surface area contributed by atoms with Crippen molar-refractivity contribution in [2.75, 3.05) is 7.11 Å². The Kier molecular flexibility index (Phi) is 7.21. The predicted octanol–water partition coefficient (Wildman–Crippen LogP) is 6.30. The molecule has 176 valence electrons. The van der Waals surface area contributed by atoms with Crippen molar-refractivity contribution in [1.29, 1.82) is 0 Å². The van der Waals surface area contributed by atoms with E-state index in [-0.39, 0.29) is 11.4 Å². The zero-order valence-corrected chi connectivity index (χ0v) is 21.3. The maximum Gasteiger partial charge on any atom is 0.240 e. The summed E-state index contributed by atoms with van der Waals surface area (Å²) in [6.07, 6.45) is 0. The van der Waals surface area contributed by atoms with Gasteiger partial charge in [-0.25, -0.2) is 17.8 Å². The van der Waals surface area contributed by atoms with E-state index < -0.39 is 10.0 Å². The van der Waals surface area contributed by atoms with Crippen molar-refractivity contribution in [3.8, 4) is 22.7 Å². The van der Waals surface area contributed by atoms with Gasteiger partial charge in [0.15, 0.2) is 0 Å². The number of ether oxygens (including phenoxy) is 1. The van der Waals surface area contributed by atoms with Crippen LogP contribution in [0.4, 0.5) is 0 Å². The zero-order chi connectivity index (χ0) is 24.5. The van der Waals surface area contributed by atoms with Crippen LogP contribution in [0, 0.1) is 6.92 Å². The van der Waals surface area contributed by atoms with E-state index >= 15 is 0 Å². The molecule has 0 aliphatic rings. The number of hydrogen-bond acceptors (Lipinski definition) is 4. The molecule has 0 amide bonds. The average molecular weight is 537 g/mol. The van der Waals surface area contributed by atoms with Crippen LogP contribution in [-0.2, 0) is 16.6 Å². The van der Waals surface area contributed by atoms with Gasteiger partial charge in [-0.05, 0) is 67.6 Å². The molecule has 0 spiro atoms. The van der Waals surface area contributed by atoms with Gasteiger partial charge in [-0.15, -0.1) is 0 Å². The maximum absolute atomic E-state index is 12.8. The molecule has 0 atom stereocenters. The first kappa shape index (κ1) is 24.6. The summed E-state index contributed by atoms with van der Waals surface area (Å²) in [6, 6.07) is 18.7. The number of hydrogen-bond donors (Lipinski definition) is 1. The molecule has 0 unspecified atom stereocenters. The summed E-state index contributed by atoms with van der Waals surface area (Å²) in [6.45, 7) is 1.86. The topological polar surface area (TPSA) is 73.2 Å². The standard InChI is InChI=1S/C24H20Cl3N3O3S/c1-15-22(14-28-34(31,32)20-5-3-4-17(25)12-20)29-30(23-11-8-18(26)13-21(23)27)24(15)16-6-9-19(33-2)10-7-16/h3-13,28H,14H2,1-2H3. The van der Waals surface area contributed by atoms with Crippen LogP contribution in [0.2, 0.25) is 15.1 Å². The Hall–Kier alpha value is -2.55. The Morgan fingerprint density at radius 1 is 0.971 bits per heavy atom. The van der Waals surface area contributed by atoms with Crippen LogP contribution in [0.1, 0.15) is 11.3 Å². The minimum Gasteiger partial charge on any atom is -0.497 e. The molecule has 1 heterocycles. The van der Waals surface area contributed by atoms with Crippen LogP contribution in [0.25, 0.3) is 16.9 Å². The summed E-state index contributed by atoms with van der Waals surface area (Å²) in [4.78, 5) is 0.0770. The summed E-state index contributed by atoms with van der Waals surface area (Å²) in [7, 11) is -2.20. The second kappa shape index (κ2) is 9.98. The van der Waals surface area contributed by atoms with Gasteiger partial charge in [-0.1, -0.05) is 40.9 Å². The first-order valence-corrected chi connectivity index (χ1v) is 12.7. The highest BCUT2D eigenvalue weighted by molar-refractivity contribution is 7.89. The van der Waals surface area contributed by atoms with Gasteiger partial charge < -0.3 is 4.74 Å². The number of halogens is 3. The third-order valence-electron chi connectivity index (χ3n) is 5.26. The number of nitrogens with zero attached hydrogens (tertiary/aromatic N) is 2. The molecule has 0 saturated carbocycles. The highest BCUT2D eigenvalue weighted by atomic mass is 35.5. The van der Waals surface area contributed by atoms with Crippen LogP contribution < -0.4 is 9.46 Å². The fraction of sp³-hybridized carbons (Fsp3) is 0.125. The van der Waals surface area contributed by atoms with Gasteiger partial charge in [0, 0.05) is 21.2 Å². The molecule has 0 aliphatic carbocycles. The zero-order valence-electron chi connectivity index (χ0n) is 18.2. The van der Waals surface area contributed by atoms with Crippen LogP contribution in [-0.4, -0.2) is 25.3 Å². The number of methoxy groups -OCH3 is 1. The molecule has 0 radical (unpaired) electrons. The molecule has 1 aromatic heterocycles. The summed E-state index contributed by atoms with van der Waals surface area (Å²) in [5.74, 6) is 0.714. The molecule has 3 aromatic carbocycles. The Bertz CT molecular complexity index is 1450. The smallest absolute Gasteiger partial charge is 0.240 e. The Balaban J connectivity index is 1.77. The van der Waals surface area contributed by atoms with E-state index in [0.717, 1.165) is 16.8 Å². The molecule has 4 rings (SSSR count). The largest absolute Gasteiger partial charge is 0.497 e. The van der Waals surface area contributed by atoms with Crippen molar-refractivity contribution in [2.24, 2.45) is 0 Å². The Morgan fingerprint density at radius 3 is 2.32 bits per heavy atom. The van der Waals surface area contributed by atoms with Gasteiger partial charge in [-0.2, -0.15) is 5.10 Å². The van der Waals surface area contributed by atoms with E-state index in [0.29, 0.717) is 32.2 Å². The van der Waals surface area contributed by atoms with Crippen molar-refractivity contribution in [3.63, 3.8) is 0 Å². The fourth-order valence-corrected chi connectivity index (χ4v) is 5.28. The van der Waals surface area contributed by atoms with Gasteiger partial charge in [0.25, 0.3) is 0 Å². The minimum absolute atomic E-state index is 0.0258. The molecule has 0 aliphatic heterocycles. The molecule has 0 fully saturated rings. The SMILES string of the molecule is COc1ccc(-c2c(C)c(CNS(=O)(=O)c3cccc(Cl)c3)nn2-c2ccc(Cl)cc2Cl)cc1. The number of nitrogens with one attached hydrogen (secondary N) is 1. The second-order valence-corrected chi connectivity index (χ2v) is 10.5. The van der Waals surface area contributed by atoms with Gasteiger partial charge >= 0.3 is 0 Å². The van der Waals surface area contributed by atoms with Crippen molar-refractivity contribution in [2.45, 2.75) is 18.4 Å².